The SMILES string of the molecule is O=C(O)CNC(=O)C1C(=O)CCN(c2ccc(Oc3ccccc3)cc2)C1=O. The summed E-state index contributed by atoms with van der Waals surface area (Å²) in [5.41, 5.74) is 0.522. The zero-order chi connectivity index (χ0) is 20.1. The zero-order valence-corrected chi connectivity index (χ0v) is 14.8. The molecule has 0 spiro atoms. The fraction of sp³-hybridized carbons (Fsp3) is 0.200. The summed E-state index contributed by atoms with van der Waals surface area (Å²) in [6.45, 7) is -0.499. The van der Waals surface area contributed by atoms with Crippen molar-refractivity contribution in [1.29, 1.82) is 0 Å². The molecule has 1 fully saturated rings. The van der Waals surface area contributed by atoms with Crippen molar-refractivity contribution in [3.05, 3.63) is 54.6 Å². The van der Waals surface area contributed by atoms with E-state index in [1.807, 2.05) is 30.3 Å². The monoisotopic (exact) mass is 382 g/mol. The van der Waals surface area contributed by atoms with E-state index in [1.165, 1.54) is 4.90 Å². The molecule has 1 unspecified atom stereocenters. The van der Waals surface area contributed by atoms with Gasteiger partial charge in [-0.2, -0.15) is 0 Å². The Hall–Kier alpha value is -3.68. The van der Waals surface area contributed by atoms with Gasteiger partial charge in [0.1, 0.15) is 18.0 Å². The summed E-state index contributed by atoms with van der Waals surface area (Å²) in [6, 6.07) is 15.9. The van der Waals surface area contributed by atoms with Crippen LogP contribution in [0.4, 0.5) is 5.69 Å². The average molecular weight is 382 g/mol. The van der Waals surface area contributed by atoms with Crippen molar-refractivity contribution < 1.29 is 29.0 Å². The first-order valence-corrected chi connectivity index (χ1v) is 8.62. The molecular formula is C20H18N2O6. The average Bonchev–Trinajstić information content (AvgIpc) is 2.68. The van der Waals surface area contributed by atoms with Gasteiger partial charge < -0.3 is 20.1 Å². The molecule has 8 nitrogen and oxygen atoms in total. The van der Waals surface area contributed by atoms with Gasteiger partial charge in [-0.1, -0.05) is 18.2 Å². The van der Waals surface area contributed by atoms with Gasteiger partial charge in [0, 0.05) is 18.7 Å². The number of hydrogen-bond acceptors (Lipinski definition) is 5. The van der Waals surface area contributed by atoms with E-state index < -0.39 is 36.0 Å². The quantitative estimate of drug-likeness (QED) is 0.734. The lowest BCUT2D eigenvalue weighted by atomic mass is 9.94. The zero-order valence-electron chi connectivity index (χ0n) is 14.8. The van der Waals surface area contributed by atoms with Crippen molar-refractivity contribution in [2.75, 3.05) is 18.0 Å². The summed E-state index contributed by atoms with van der Waals surface area (Å²) >= 11 is 0. The molecule has 2 N–H and O–H groups in total. The van der Waals surface area contributed by atoms with Crippen molar-refractivity contribution in [3.8, 4) is 11.5 Å². The molecular weight excluding hydrogens is 364 g/mol. The summed E-state index contributed by atoms with van der Waals surface area (Å²) in [5, 5.41) is 10.7. The van der Waals surface area contributed by atoms with E-state index in [9.17, 15) is 19.2 Å². The Morgan fingerprint density at radius 1 is 1.04 bits per heavy atom. The number of carbonyl (C=O) groups excluding carboxylic acids is 3. The maximum absolute atomic E-state index is 12.7. The molecule has 1 heterocycles. The molecule has 1 aliphatic rings. The number of nitrogens with one attached hydrogen (secondary N) is 1. The lowest BCUT2D eigenvalue weighted by Gasteiger charge is -2.30. The Morgan fingerprint density at radius 2 is 1.68 bits per heavy atom. The predicted molar refractivity (Wildman–Crippen MR) is 99.1 cm³/mol. The van der Waals surface area contributed by atoms with Crippen LogP contribution in [0.1, 0.15) is 6.42 Å². The number of amides is 2. The van der Waals surface area contributed by atoms with Crippen molar-refractivity contribution in [1.82, 2.24) is 5.32 Å². The summed E-state index contributed by atoms with van der Waals surface area (Å²) in [5.74, 6) is -3.63. The van der Waals surface area contributed by atoms with Gasteiger partial charge in [-0.3, -0.25) is 19.2 Å². The van der Waals surface area contributed by atoms with Gasteiger partial charge >= 0.3 is 5.97 Å². The van der Waals surface area contributed by atoms with Crippen molar-refractivity contribution >= 4 is 29.3 Å². The minimum atomic E-state index is -1.53. The van der Waals surface area contributed by atoms with E-state index in [2.05, 4.69) is 5.32 Å². The molecule has 8 heteroatoms. The molecule has 0 radical (unpaired) electrons. The Bertz CT molecular complexity index is 895. The molecule has 1 aliphatic heterocycles. The summed E-state index contributed by atoms with van der Waals surface area (Å²) in [4.78, 5) is 48.7. The Kier molecular flexibility index (Phi) is 5.69. The number of Topliss-reactive ketones (excluding diaryl/α,β-unsaturated/α-hetero) is 1. The lowest BCUT2D eigenvalue weighted by molar-refractivity contribution is -0.145. The Morgan fingerprint density at radius 3 is 2.32 bits per heavy atom. The van der Waals surface area contributed by atoms with Gasteiger partial charge in [0.05, 0.1) is 0 Å². The smallest absolute Gasteiger partial charge is 0.322 e. The maximum Gasteiger partial charge on any atom is 0.322 e. The summed E-state index contributed by atoms with van der Waals surface area (Å²) < 4.78 is 5.70. The molecule has 2 aromatic rings. The number of hydrogen-bond donors (Lipinski definition) is 2. The van der Waals surface area contributed by atoms with E-state index in [0.717, 1.165) is 0 Å². The third kappa shape index (κ3) is 4.35. The van der Waals surface area contributed by atoms with Gasteiger partial charge in [-0.05, 0) is 36.4 Å². The second-order valence-electron chi connectivity index (χ2n) is 6.16. The number of rotatable bonds is 6. The highest BCUT2D eigenvalue weighted by Gasteiger charge is 2.41. The number of benzene rings is 2. The van der Waals surface area contributed by atoms with Gasteiger partial charge in [0.25, 0.3) is 0 Å². The van der Waals surface area contributed by atoms with Crippen LogP contribution in [0, 0.1) is 5.92 Å². The molecule has 0 aromatic heterocycles. The molecule has 2 aromatic carbocycles. The van der Waals surface area contributed by atoms with Crippen LogP contribution in [0.3, 0.4) is 0 Å². The van der Waals surface area contributed by atoms with E-state index in [1.54, 1.807) is 24.3 Å². The molecule has 0 bridgehead atoms. The number of carboxylic acid groups (broad SMARTS) is 1. The van der Waals surface area contributed by atoms with Gasteiger partial charge in [0.15, 0.2) is 11.7 Å². The number of ether oxygens (including phenoxy) is 1. The molecule has 28 heavy (non-hydrogen) atoms. The molecule has 1 atom stereocenters. The highest BCUT2D eigenvalue weighted by Crippen LogP contribution is 2.27. The third-order valence-electron chi connectivity index (χ3n) is 4.22. The topological polar surface area (TPSA) is 113 Å². The molecule has 1 saturated heterocycles. The third-order valence-corrected chi connectivity index (χ3v) is 4.22. The molecule has 3 rings (SSSR count). The fourth-order valence-electron chi connectivity index (χ4n) is 2.87. The fourth-order valence-corrected chi connectivity index (χ4v) is 2.87. The number of para-hydroxylation sites is 1. The largest absolute Gasteiger partial charge is 0.480 e. The highest BCUT2D eigenvalue weighted by molar-refractivity contribution is 6.24. The standard InChI is InChI=1S/C20H18N2O6/c23-16-10-11-22(20(27)18(16)19(26)21-12-17(24)25)13-6-8-15(9-7-13)28-14-4-2-1-3-5-14/h1-9,18H,10-12H2,(H,21,26)(H,24,25). The van der Waals surface area contributed by atoms with Crippen LogP contribution in [0.5, 0.6) is 11.5 Å². The molecule has 0 saturated carbocycles. The highest BCUT2D eigenvalue weighted by atomic mass is 16.5. The van der Waals surface area contributed by atoms with Crippen molar-refractivity contribution in [2.24, 2.45) is 5.92 Å². The van der Waals surface area contributed by atoms with E-state index in [0.29, 0.717) is 17.2 Å². The molecule has 144 valence electrons. The van der Waals surface area contributed by atoms with E-state index in [4.69, 9.17) is 9.84 Å². The van der Waals surface area contributed by atoms with Crippen LogP contribution in [0.15, 0.2) is 54.6 Å². The minimum Gasteiger partial charge on any atom is -0.480 e. The van der Waals surface area contributed by atoms with Crippen molar-refractivity contribution in [3.63, 3.8) is 0 Å². The van der Waals surface area contributed by atoms with E-state index >= 15 is 0 Å². The minimum absolute atomic E-state index is 0.0131. The van der Waals surface area contributed by atoms with Crippen molar-refractivity contribution in [2.45, 2.75) is 6.42 Å². The second-order valence-corrected chi connectivity index (χ2v) is 6.16. The molecule has 0 aliphatic carbocycles. The summed E-state index contributed by atoms with van der Waals surface area (Å²) in [7, 11) is 0. The predicted octanol–water partition coefficient (Wildman–Crippen LogP) is 1.60. The van der Waals surface area contributed by atoms with Crippen LogP contribution in [0.25, 0.3) is 0 Å². The summed E-state index contributed by atoms with van der Waals surface area (Å²) in [6.07, 6.45) is 0.0131. The van der Waals surface area contributed by atoms with Crippen LogP contribution in [-0.4, -0.2) is 41.8 Å². The van der Waals surface area contributed by atoms with Crippen LogP contribution in [0.2, 0.25) is 0 Å². The number of carbonyl (C=O) groups is 4. The number of ketones is 1. The number of piperidine rings is 1. The first-order chi connectivity index (χ1) is 13.5. The number of anilines is 1. The maximum atomic E-state index is 12.7. The second kappa shape index (κ2) is 8.34. The van der Waals surface area contributed by atoms with Gasteiger partial charge in [0.2, 0.25) is 11.8 Å². The normalized spacial score (nSPS) is 16.6. The number of aliphatic carboxylic acids is 1. The van der Waals surface area contributed by atoms with Gasteiger partial charge in [-0.15, -0.1) is 0 Å². The van der Waals surface area contributed by atoms with Crippen LogP contribution >= 0.6 is 0 Å². The Balaban J connectivity index is 1.72. The van der Waals surface area contributed by atoms with Gasteiger partial charge in [-0.25, -0.2) is 0 Å². The van der Waals surface area contributed by atoms with E-state index in [-0.39, 0.29) is 13.0 Å². The van der Waals surface area contributed by atoms with Crippen LogP contribution in [-0.2, 0) is 19.2 Å². The first-order valence-electron chi connectivity index (χ1n) is 8.62. The van der Waals surface area contributed by atoms with Crippen LogP contribution < -0.4 is 15.0 Å². The number of nitrogens with zero attached hydrogens (tertiary/aromatic N) is 1. The molecule has 2 amide bonds. The Labute approximate surface area is 160 Å². The number of carboxylic acids is 1. The first kappa shape index (κ1) is 19.1. The lowest BCUT2D eigenvalue weighted by Crippen LogP contribution is -2.52.